The van der Waals surface area contributed by atoms with Gasteiger partial charge in [0.2, 0.25) is 0 Å². The Morgan fingerprint density at radius 1 is 1.58 bits per heavy atom. The van der Waals surface area contributed by atoms with Crippen LogP contribution in [-0.2, 0) is 6.54 Å². The van der Waals surface area contributed by atoms with E-state index in [1.54, 1.807) is 12.1 Å². The molecule has 1 saturated heterocycles. The molecule has 0 bridgehead atoms. The number of rotatable bonds is 4. The molecule has 0 saturated carbocycles. The van der Waals surface area contributed by atoms with Gasteiger partial charge in [-0.15, -0.1) is 0 Å². The molecule has 0 radical (unpaired) electrons. The molecule has 1 aromatic carbocycles. The Balaban J connectivity index is 2.15. The third kappa shape index (κ3) is 3.43. The number of hydrogen-bond acceptors (Lipinski definition) is 4. The van der Waals surface area contributed by atoms with E-state index in [-0.39, 0.29) is 10.6 Å². The SMILES string of the molecule is CN(Cc1c(Cl)cccc1[N+](=O)[O-])C1CCCNC1. The first-order valence-corrected chi connectivity index (χ1v) is 6.80. The van der Waals surface area contributed by atoms with Crippen LogP contribution < -0.4 is 5.32 Å². The predicted octanol–water partition coefficient (Wildman–Crippen LogP) is 2.43. The van der Waals surface area contributed by atoms with E-state index in [0.29, 0.717) is 23.2 Å². The van der Waals surface area contributed by atoms with Gasteiger partial charge < -0.3 is 5.32 Å². The van der Waals surface area contributed by atoms with Crippen molar-refractivity contribution >= 4 is 17.3 Å². The highest BCUT2D eigenvalue weighted by Crippen LogP contribution is 2.28. The number of likely N-dealkylation sites (N-methyl/N-ethyl adjacent to an activating group) is 1. The lowest BCUT2D eigenvalue weighted by Gasteiger charge is -2.31. The first kappa shape index (κ1) is 14.2. The number of nitrogens with one attached hydrogen (secondary N) is 1. The first-order valence-electron chi connectivity index (χ1n) is 6.42. The molecule has 6 heteroatoms. The number of nitrogens with zero attached hydrogens (tertiary/aromatic N) is 2. The van der Waals surface area contributed by atoms with Crippen LogP contribution in [0.1, 0.15) is 18.4 Å². The summed E-state index contributed by atoms with van der Waals surface area (Å²) in [6.07, 6.45) is 2.25. The molecule has 2 rings (SSSR count). The molecule has 1 N–H and O–H groups in total. The summed E-state index contributed by atoms with van der Waals surface area (Å²) in [5.74, 6) is 0. The zero-order chi connectivity index (χ0) is 13.8. The fourth-order valence-corrected chi connectivity index (χ4v) is 2.69. The Labute approximate surface area is 117 Å². The standard InChI is InChI=1S/C13H18ClN3O2/c1-16(10-4-3-7-15-8-10)9-11-12(14)5-2-6-13(11)17(18)19/h2,5-6,10,15H,3-4,7-9H2,1H3. The molecule has 1 atom stereocenters. The summed E-state index contributed by atoms with van der Waals surface area (Å²) in [6, 6.07) is 5.24. The minimum Gasteiger partial charge on any atom is -0.315 e. The summed E-state index contributed by atoms with van der Waals surface area (Å²) in [6.45, 7) is 2.48. The van der Waals surface area contributed by atoms with Crippen molar-refractivity contribution in [3.63, 3.8) is 0 Å². The first-order chi connectivity index (χ1) is 9.09. The van der Waals surface area contributed by atoms with Gasteiger partial charge in [-0.2, -0.15) is 0 Å². The van der Waals surface area contributed by atoms with Crippen molar-refractivity contribution < 1.29 is 4.92 Å². The van der Waals surface area contributed by atoms with Crippen LogP contribution in [0.25, 0.3) is 0 Å². The van der Waals surface area contributed by atoms with Crippen LogP contribution >= 0.6 is 11.6 Å². The maximum absolute atomic E-state index is 11.0. The van der Waals surface area contributed by atoms with Crippen molar-refractivity contribution in [3.05, 3.63) is 38.9 Å². The summed E-state index contributed by atoms with van der Waals surface area (Å²) in [5.41, 5.74) is 0.699. The molecule has 1 unspecified atom stereocenters. The quantitative estimate of drug-likeness (QED) is 0.681. The lowest BCUT2D eigenvalue weighted by atomic mass is 10.1. The number of halogens is 1. The summed E-state index contributed by atoms with van der Waals surface area (Å²) in [5, 5.41) is 14.9. The van der Waals surface area contributed by atoms with Gasteiger partial charge in [0.25, 0.3) is 5.69 Å². The van der Waals surface area contributed by atoms with Crippen molar-refractivity contribution in [2.24, 2.45) is 0 Å². The lowest BCUT2D eigenvalue weighted by molar-refractivity contribution is -0.385. The zero-order valence-electron chi connectivity index (χ0n) is 10.9. The fourth-order valence-electron chi connectivity index (χ4n) is 2.46. The summed E-state index contributed by atoms with van der Waals surface area (Å²) < 4.78 is 0. The second kappa shape index (κ2) is 6.32. The van der Waals surface area contributed by atoms with E-state index in [9.17, 15) is 10.1 Å². The Bertz CT molecular complexity index is 461. The maximum Gasteiger partial charge on any atom is 0.275 e. The molecular formula is C13H18ClN3O2. The van der Waals surface area contributed by atoms with Gasteiger partial charge in [-0.05, 0) is 32.5 Å². The van der Waals surface area contributed by atoms with Gasteiger partial charge in [-0.1, -0.05) is 17.7 Å². The van der Waals surface area contributed by atoms with Crippen molar-refractivity contribution in [2.75, 3.05) is 20.1 Å². The van der Waals surface area contributed by atoms with Crippen molar-refractivity contribution in [1.82, 2.24) is 10.2 Å². The van der Waals surface area contributed by atoms with E-state index in [4.69, 9.17) is 11.6 Å². The summed E-state index contributed by atoms with van der Waals surface area (Å²) in [4.78, 5) is 12.8. The van der Waals surface area contributed by atoms with Crippen LogP contribution in [0.3, 0.4) is 0 Å². The highest BCUT2D eigenvalue weighted by atomic mass is 35.5. The van der Waals surface area contributed by atoms with Crippen molar-refractivity contribution in [1.29, 1.82) is 0 Å². The molecule has 0 amide bonds. The fraction of sp³-hybridized carbons (Fsp3) is 0.538. The Morgan fingerprint density at radius 3 is 3.00 bits per heavy atom. The molecule has 0 aromatic heterocycles. The largest absolute Gasteiger partial charge is 0.315 e. The van der Waals surface area contributed by atoms with E-state index >= 15 is 0 Å². The monoisotopic (exact) mass is 283 g/mol. The second-order valence-electron chi connectivity index (χ2n) is 4.91. The predicted molar refractivity (Wildman–Crippen MR) is 75.5 cm³/mol. The van der Waals surface area contributed by atoms with Gasteiger partial charge in [0.05, 0.1) is 15.5 Å². The number of nitro benzene ring substituents is 1. The van der Waals surface area contributed by atoms with E-state index < -0.39 is 0 Å². The molecule has 0 spiro atoms. The normalized spacial score (nSPS) is 19.6. The molecule has 1 heterocycles. The average Bonchev–Trinajstić information content (AvgIpc) is 2.41. The average molecular weight is 284 g/mol. The molecule has 104 valence electrons. The van der Waals surface area contributed by atoms with E-state index in [1.807, 2.05) is 7.05 Å². The number of hydrogen-bond donors (Lipinski definition) is 1. The molecule has 19 heavy (non-hydrogen) atoms. The topological polar surface area (TPSA) is 58.4 Å². The van der Waals surface area contributed by atoms with E-state index in [0.717, 1.165) is 25.9 Å². The lowest BCUT2D eigenvalue weighted by Crippen LogP contribution is -2.43. The van der Waals surface area contributed by atoms with Crippen molar-refractivity contribution in [2.45, 2.75) is 25.4 Å². The Kier molecular flexibility index (Phi) is 4.74. The van der Waals surface area contributed by atoms with Crippen LogP contribution in [0.2, 0.25) is 5.02 Å². The number of nitro groups is 1. The van der Waals surface area contributed by atoms with Crippen LogP contribution in [0.5, 0.6) is 0 Å². The van der Waals surface area contributed by atoms with E-state index in [1.165, 1.54) is 6.07 Å². The molecule has 0 aliphatic carbocycles. The van der Waals surface area contributed by atoms with Gasteiger partial charge >= 0.3 is 0 Å². The third-order valence-electron chi connectivity index (χ3n) is 3.59. The third-order valence-corrected chi connectivity index (χ3v) is 3.95. The van der Waals surface area contributed by atoms with Crippen LogP contribution in [0, 0.1) is 10.1 Å². The summed E-state index contributed by atoms with van der Waals surface area (Å²) in [7, 11) is 1.99. The molecule has 1 fully saturated rings. The molecule has 1 aliphatic heterocycles. The van der Waals surface area contributed by atoms with Crippen LogP contribution in [0.4, 0.5) is 5.69 Å². The molecule has 1 aromatic rings. The molecular weight excluding hydrogens is 266 g/mol. The van der Waals surface area contributed by atoms with Gasteiger partial charge in [0.15, 0.2) is 0 Å². The van der Waals surface area contributed by atoms with E-state index in [2.05, 4.69) is 10.2 Å². The van der Waals surface area contributed by atoms with Gasteiger partial charge in [-0.25, -0.2) is 0 Å². The second-order valence-corrected chi connectivity index (χ2v) is 5.32. The van der Waals surface area contributed by atoms with Crippen LogP contribution in [-0.4, -0.2) is 36.0 Å². The smallest absolute Gasteiger partial charge is 0.275 e. The highest BCUT2D eigenvalue weighted by Gasteiger charge is 2.22. The number of benzene rings is 1. The Hall–Kier alpha value is -1.17. The Morgan fingerprint density at radius 2 is 2.37 bits per heavy atom. The van der Waals surface area contributed by atoms with Crippen molar-refractivity contribution in [3.8, 4) is 0 Å². The maximum atomic E-state index is 11.0. The zero-order valence-corrected chi connectivity index (χ0v) is 11.7. The van der Waals surface area contributed by atoms with Gasteiger partial charge in [0.1, 0.15) is 0 Å². The minimum atomic E-state index is -0.367. The summed E-state index contributed by atoms with van der Waals surface area (Å²) >= 11 is 6.11. The highest BCUT2D eigenvalue weighted by molar-refractivity contribution is 6.31. The number of piperidine rings is 1. The minimum absolute atomic E-state index is 0.100. The van der Waals surface area contributed by atoms with Gasteiger partial charge in [-0.3, -0.25) is 15.0 Å². The molecule has 5 nitrogen and oxygen atoms in total. The van der Waals surface area contributed by atoms with Gasteiger partial charge in [0, 0.05) is 25.2 Å². The van der Waals surface area contributed by atoms with Crippen LogP contribution in [0.15, 0.2) is 18.2 Å². The molecule has 1 aliphatic rings.